The highest BCUT2D eigenvalue weighted by atomic mass is 32.1. The van der Waals surface area contributed by atoms with Crippen molar-refractivity contribution < 1.29 is 4.79 Å². The Morgan fingerprint density at radius 2 is 1.95 bits per heavy atom. The van der Waals surface area contributed by atoms with E-state index >= 15 is 0 Å². The van der Waals surface area contributed by atoms with Crippen LogP contribution in [0, 0.1) is 6.92 Å². The minimum atomic E-state index is -0.109. The topological polar surface area (TPSA) is 20.3 Å². The molecule has 1 atom stereocenters. The maximum Gasteiger partial charge on any atom is 0.179 e. The van der Waals surface area contributed by atoms with E-state index in [-0.39, 0.29) is 11.8 Å². The number of hydrogen-bond acceptors (Lipinski definition) is 3. The first-order valence-electron chi connectivity index (χ1n) is 6.40. The molecule has 19 heavy (non-hydrogen) atoms. The molecule has 1 unspecified atom stereocenters. The zero-order valence-corrected chi connectivity index (χ0v) is 12.4. The molecule has 2 rings (SSSR count). The number of nitrogens with zero attached hydrogens (tertiary/aromatic N) is 1. The van der Waals surface area contributed by atoms with E-state index in [1.165, 1.54) is 11.1 Å². The summed E-state index contributed by atoms with van der Waals surface area (Å²) < 4.78 is 0. The molecular formula is C16H19NOS. The van der Waals surface area contributed by atoms with Gasteiger partial charge < -0.3 is 0 Å². The number of ketones is 1. The van der Waals surface area contributed by atoms with Crippen molar-refractivity contribution in [3.8, 4) is 0 Å². The molecular weight excluding hydrogens is 254 g/mol. The van der Waals surface area contributed by atoms with Gasteiger partial charge in [0.15, 0.2) is 5.78 Å². The van der Waals surface area contributed by atoms with Crippen molar-refractivity contribution in [2.75, 3.05) is 7.05 Å². The van der Waals surface area contributed by atoms with Crippen molar-refractivity contribution in [2.45, 2.75) is 26.4 Å². The van der Waals surface area contributed by atoms with Crippen LogP contribution in [0.3, 0.4) is 0 Å². The summed E-state index contributed by atoms with van der Waals surface area (Å²) in [5, 5.41) is 4.19. The first-order valence-corrected chi connectivity index (χ1v) is 7.34. The average molecular weight is 273 g/mol. The Labute approximate surface area is 118 Å². The van der Waals surface area contributed by atoms with Crippen molar-refractivity contribution in [1.82, 2.24) is 4.90 Å². The fraction of sp³-hybridized carbons (Fsp3) is 0.312. The van der Waals surface area contributed by atoms with Gasteiger partial charge in [-0.1, -0.05) is 29.8 Å². The van der Waals surface area contributed by atoms with Crippen LogP contribution in [-0.2, 0) is 6.54 Å². The number of rotatable bonds is 5. The van der Waals surface area contributed by atoms with Crippen molar-refractivity contribution in [3.05, 3.63) is 57.8 Å². The van der Waals surface area contributed by atoms with E-state index in [1.54, 1.807) is 11.3 Å². The Morgan fingerprint density at radius 1 is 1.26 bits per heavy atom. The summed E-state index contributed by atoms with van der Waals surface area (Å²) in [6.45, 7) is 4.80. The summed E-state index contributed by atoms with van der Waals surface area (Å²) in [5.74, 6) is 0.178. The van der Waals surface area contributed by atoms with Crippen LogP contribution in [0.1, 0.15) is 28.4 Å². The van der Waals surface area contributed by atoms with E-state index < -0.39 is 0 Å². The molecule has 0 N–H and O–H groups in total. The largest absolute Gasteiger partial charge is 0.292 e. The monoisotopic (exact) mass is 273 g/mol. The van der Waals surface area contributed by atoms with Crippen LogP contribution in [-0.4, -0.2) is 23.8 Å². The molecule has 1 aromatic carbocycles. The summed E-state index contributed by atoms with van der Waals surface area (Å²) in [7, 11) is 1.99. The Morgan fingerprint density at radius 3 is 2.53 bits per heavy atom. The molecule has 0 bridgehead atoms. The maximum absolute atomic E-state index is 12.4. The molecule has 0 amide bonds. The van der Waals surface area contributed by atoms with Crippen molar-refractivity contribution in [2.24, 2.45) is 0 Å². The summed E-state index contributed by atoms with van der Waals surface area (Å²) in [6, 6.07) is 9.78. The second-order valence-corrected chi connectivity index (χ2v) is 5.73. The van der Waals surface area contributed by atoms with Crippen LogP contribution in [0.25, 0.3) is 0 Å². The fourth-order valence-electron chi connectivity index (χ4n) is 1.97. The normalized spacial score (nSPS) is 12.6. The lowest BCUT2D eigenvalue weighted by atomic mass is 10.0. The molecule has 1 aromatic heterocycles. The molecule has 2 aromatic rings. The van der Waals surface area contributed by atoms with E-state index in [2.05, 4.69) is 21.7 Å². The van der Waals surface area contributed by atoms with Gasteiger partial charge >= 0.3 is 0 Å². The van der Waals surface area contributed by atoms with Gasteiger partial charge in [-0.2, -0.15) is 11.3 Å². The molecule has 0 aliphatic heterocycles. The third-order valence-electron chi connectivity index (χ3n) is 3.39. The third kappa shape index (κ3) is 3.52. The van der Waals surface area contributed by atoms with Gasteiger partial charge in [-0.25, -0.2) is 0 Å². The molecule has 0 fully saturated rings. The van der Waals surface area contributed by atoms with Crippen LogP contribution in [0.15, 0.2) is 41.1 Å². The van der Waals surface area contributed by atoms with E-state index in [4.69, 9.17) is 0 Å². The molecule has 1 heterocycles. The number of benzene rings is 1. The van der Waals surface area contributed by atoms with E-state index in [0.717, 1.165) is 12.1 Å². The van der Waals surface area contributed by atoms with Crippen LogP contribution >= 0.6 is 11.3 Å². The van der Waals surface area contributed by atoms with Crippen LogP contribution < -0.4 is 0 Å². The van der Waals surface area contributed by atoms with Gasteiger partial charge in [0.1, 0.15) is 0 Å². The Kier molecular flexibility index (Phi) is 4.51. The molecule has 0 saturated carbocycles. The van der Waals surface area contributed by atoms with Gasteiger partial charge in [-0.3, -0.25) is 9.69 Å². The molecule has 0 radical (unpaired) electrons. The number of likely N-dealkylation sites (N-methyl/N-ethyl adjacent to an activating group) is 1. The van der Waals surface area contributed by atoms with Crippen molar-refractivity contribution in [3.63, 3.8) is 0 Å². The fourth-order valence-corrected chi connectivity index (χ4v) is 2.63. The van der Waals surface area contributed by atoms with Gasteiger partial charge in [0, 0.05) is 12.1 Å². The van der Waals surface area contributed by atoms with Crippen LogP contribution in [0.2, 0.25) is 0 Å². The van der Waals surface area contributed by atoms with Crippen molar-refractivity contribution in [1.29, 1.82) is 0 Å². The molecule has 100 valence electrons. The molecule has 0 aliphatic carbocycles. The van der Waals surface area contributed by atoms with E-state index in [9.17, 15) is 4.79 Å². The second-order valence-electron chi connectivity index (χ2n) is 4.95. The van der Waals surface area contributed by atoms with Gasteiger partial charge in [-0.15, -0.1) is 0 Å². The Balaban J connectivity index is 2.04. The first kappa shape index (κ1) is 14.0. The maximum atomic E-state index is 12.4. The molecule has 3 heteroatoms. The SMILES string of the molecule is Cc1ccc(C(=O)C(C)N(C)Cc2ccsc2)cc1. The summed E-state index contributed by atoms with van der Waals surface area (Å²) in [5.41, 5.74) is 3.22. The highest BCUT2D eigenvalue weighted by Gasteiger charge is 2.19. The molecule has 0 spiro atoms. The lowest BCUT2D eigenvalue weighted by Crippen LogP contribution is -2.35. The number of carbonyl (C=O) groups excluding carboxylic acids is 1. The highest BCUT2D eigenvalue weighted by molar-refractivity contribution is 7.07. The summed E-state index contributed by atoms with van der Waals surface area (Å²) >= 11 is 1.69. The third-order valence-corrected chi connectivity index (χ3v) is 4.12. The second kappa shape index (κ2) is 6.13. The molecule has 0 saturated heterocycles. The number of carbonyl (C=O) groups is 1. The Hall–Kier alpha value is -1.45. The zero-order valence-electron chi connectivity index (χ0n) is 11.6. The number of hydrogen-bond donors (Lipinski definition) is 0. The number of thiophene rings is 1. The predicted octanol–water partition coefficient (Wildman–Crippen LogP) is 3.76. The quantitative estimate of drug-likeness (QED) is 0.773. The van der Waals surface area contributed by atoms with Crippen molar-refractivity contribution >= 4 is 17.1 Å². The van der Waals surface area contributed by atoms with E-state index in [1.807, 2.05) is 45.2 Å². The van der Waals surface area contributed by atoms with Crippen LogP contribution in [0.4, 0.5) is 0 Å². The molecule has 0 aliphatic rings. The van der Waals surface area contributed by atoms with E-state index in [0.29, 0.717) is 0 Å². The highest BCUT2D eigenvalue weighted by Crippen LogP contribution is 2.14. The van der Waals surface area contributed by atoms with Gasteiger partial charge in [0.2, 0.25) is 0 Å². The predicted molar refractivity (Wildman–Crippen MR) is 80.8 cm³/mol. The average Bonchev–Trinajstić information content (AvgIpc) is 2.90. The first-order chi connectivity index (χ1) is 9.08. The zero-order chi connectivity index (χ0) is 13.8. The van der Waals surface area contributed by atoms with Gasteiger partial charge in [-0.05, 0) is 43.3 Å². The Bertz CT molecular complexity index is 530. The smallest absolute Gasteiger partial charge is 0.179 e. The minimum Gasteiger partial charge on any atom is -0.292 e. The lowest BCUT2D eigenvalue weighted by Gasteiger charge is -2.23. The minimum absolute atomic E-state index is 0.109. The summed E-state index contributed by atoms with van der Waals surface area (Å²) in [4.78, 5) is 14.5. The lowest BCUT2D eigenvalue weighted by molar-refractivity contribution is 0.0862. The van der Waals surface area contributed by atoms with Gasteiger partial charge in [0.05, 0.1) is 6.04 Å². The number of aryl methyl sites for hydroxylation is 1. The molecule has 2 nitrogen and oxygen atoms in total. The van der Waals surface area contributed by atoms with Gasteiger partial charge in [0.25, 0.3) is 0 Å². The summed E-state index contributed by atoms with van der Waals surface area (Å²) in [6.07, 6.45) is 0. The van der Waals surface area contributed by atoms with Crippen LogP contribution in [0.5, 0.6) is 0 Å². The standard InChI is InChI=1S/C16H19NOS/c1-12-4-6-15(7-5-12)16(18)13(2)17(3)10-14-8-9-19-11-14/h4-9,11,13H,10H2,1-3H3. The number of Topliss-reactive ketones (excluding diaryl/α,β-unsaturated/α-hetero) is 1.